The summed E-state index contributed by atoms with van der Waals surface area (Å²) >= 11 is 0. The molecule has 0 amide bonds. The molecule has 0 radical (unpaired) electrons. The molecule has 3 N–H and O–H groups in total. The van der Waals surface area contributed by atoms with E-state index in [-0.39, 0.29) is 5.41 Å². The highest BCUT2D eigenvalue weighted by molar-refractivity contribution is 4.95. The van der Waals surface area contributed by atoms with Gasteiger partial charge < -0.3 is 20.1 Å². The quantitative estimate of drug-likeness (QED) is 0.515. The Morgan fingerprint density at radius 3 is 1.86 bits per heavy atom. The zero-order valence-corrected chi connectivity index (χ0v) is 9.14. The molecule has 84 valence electrons. The zero-order chi connectivity index (χ0) is 11.1. The summed E-state index contributed by atoms with van der Waals surface area (Å²) < 4.78 is 5.49. The lowest BCUT2D eigenvalue weighted by Crippen LogP contribution is -2.59. The average molecular weight is 204 g/mol. The summed E-state index contributed by atoms with van der Waals surface area (Å²) in [5, 5.41) is 28.8. The Kier molecular flexibility index (Phi) is 3.21. The van der Waals surface area contributed by atoms with Gasteiger partial charge in [0.2, 0.25) is 0 Å². The highest BCUT2D eigenvalue weighted by Crippen LogP contribution is 2.32. The van der Waals surface area contributed by atoms with E-state index in [1.807, 2.05) is 20.8 Å². The van der Waals surface area contributed by atoms with Crippen molar-refractivity contribution in [2.45, 2.75) is 58.2 Å². The first-order chi connectivity index (χ1) is 6.25. The lowest BCUT2D eigenvalue weighted by Gasteiger charge is -2.44. The summed E-state index contributed by atoms with van der Waals surface area (Å²) in [6, 6.07) is 0. The maximum absolute atomic E-state index is 9.73. The molecular weight excluding hydrogens is 184 g/mol. The van der Waals surface area contributed by atoms with Crippen LogP contribution >= 0.6 is 0 Å². The first-order valence-corrected chi connectivity index (χ1v) is 4.95. The third-order valence-corrected chi connectivity index (χ3v) is 2.71. The van der Waals surface area contributed by atoms with Gasteiger partial charge in [0.05, 0.1) is 12.2 Å². The molecule has 1 heterocycles. The number of rotatable bonds is 0. The van der Waals surface area contributed by atoms with E-state index in [9.17, 15) is 15.3 Å². The number of hydrogen-bond donors (Lipinski definition) is 3. The predicted octanol–water partition coefficient (Wildman–Crippen LogP) is -0.0975. The fourth-order valence-electron chi connectivity index (χ4n) is 1.77. The standard InChI is InChI=1S/C10H20O4/c1-5-6(11)7(12)8(13)9(14-5)10(2,3)4/h5-9,11-13H,1-4H3/t5-,6+,7+,8-,9+/m0/s1. The van der Waals surface area contributed by atoms with E-state index in [1.54, 1.807) is 6.92 Å². The third kappa shape index (κ3) is 2.08. The number of ether oxygens (including phenoxy) is 1. The van der Waals surface area contributed by atoms with Gasteiger partial charge in [0, 0.05) is 0 Å². The molecule has 0 aromatic rings. The van der Waals surface area contributed by atoms with Gasteiger partial charge in [-0.15, -0.1) is 0 Å². The van der Waals surface area contributed by atoms with Gasteiger partial charge in [-0.1, -0.05) is 20.8 Å². The lowest BCUT2D eigenvalue weighted by atomic mass is 9.80. The Morgan fingerprint density at radius 2 is 1.43 bits per heavy atom. The van der Waals surface area contributed by atoms with Gasteiger partial charge >= 0.3 is 0 Å². The Hall–Kier alpha value is -0.160. The molecule has 0 aliphatic carbocycles. The minimum Gasteiger partial charge on any atom is -0.388 e. The molecule has 1 aliphatic rings. The summed E-state index contributed by atoms with van der Waals surface area (Å²) in [6.07, 6.45) is -4.05. The van der Waals surface area contributed by atoms with Crippen LogP contribution < -0.4 is 0 Å². The molecule has 0 saturated carbocycles. The average Bonchev–Trinajstić information content (AvgIpc) is 2.06. The Balaban J connectivity index is 2.81. The number of aliphatic hydroxyl groups excluding tert-OH is 3. The summed E-state index contributed by atoms with van der Waals surface area (Å²) in [7, 11) is 0. The summed E-state index contributed by atoms with van der Waals surface area (Å²) in [4.78, 5) is 0. The molecule has 4 nitrogen and oxygen atoms in total. The van der Waals surface area contributed by atoms with Gasteiger partial charge in [-0.25, -0.2) is 0 Å². The van der Waals surface area contributed by atoms with Crippen LogP contribution in [0, 0.1) is 5.41 Å². The van der Waals surface area contributed by atoms with Gasteiger partial charge in [-0.3, -0.25) is 0 Å². The molecule has 4 heteroatoms. The number of hydrogen-bond acceptors (Lipinski definition) is 4. The first kappa shape index (κ1) is 11.9. The topological polar surface area (TPSA) is 69.9 Å². The highest BCUT2D eigenvalue weighted by atomic mass is 16.5. The minimum atomic E-state index is -1.12. The van der Waals surface area contributed by atoms with Crippen LogP contribution in [0.5, 0.6) is 0 Å². The fourth-order valence-corrected chi connectivity index (χ4v) is 1.77. The van der Waals surface area contributed by atoms with Crippen LogP contribution in [0.2, 0.25) is 0 Å². The van der Waals surface area contributed by atoms with E-state index in [0.29, 0.717) is 0 Å². The first-order valence-electron chi connectivity index (χ1n) is 4.95. The number of aliphatic hydroxyl groups is 3. The van der Waals surface area contributed by atoms with E-state index < -0.39 is 30.5 Å². The highest BCUT2D eigenvalue weighted by Gasteiger charge is 2.46. The van der Waals surface area contributed by atoms with Crippen LogP contribution in [0.1, 0.15) is 27.7 Å². The summed E-state index contributed by atoms with van der Waals surface area (Å²) in [5.41, 5.74) is -0.255. The van der Waals surface area contributed by atoms with Crippen molar-refractivity contribution in [1.82, 2.24) is 0 Å². The van der Waals surface area contributed by atoms with Crippen molar-refractivity contribution in [2.24, 2.45) is 5.41 Å². The van der Waals surface area contributed by atoms with E-state index in [4.69, 9.17) is 4.74 Å². The van der Waals surface area contributed by atoms with Crippen LogP contribution in [0.25, 0.3) is 0 Å². The second-order valence-corrected chi connectivity index (χ2v) is 5.10. The SMILES string of the molecule is C[C@@H]1O[C@@H](C(C)(C)C)[C@@H](O)[C@H](O)[C@@H]1O. The van der Waals surface area contributed by atoms with Crippen molar-refractivity contribution >= 4 is 0 Å². The van der Waals surface area contributed by atoms with Crippen molar-refractivity contribution in [2.75, 3.05) is 0 Å². The molecule has 1 rings (SSSR count). The monoisotopic (exact) mass is 204 g/mol. The predicted molar refractivity (Wildman–Crippen MR) is 51.8 cm³/mol. The maximum atomic E-state index is 9.73. The second kappa shape index (κ2) is 3.77. The Morgan fingerprint density at radius 1 is 0.929 bits per heavy atom. The van der Waals surface area contributed by atoms with Crippen LogP contribution in [-0.4, -0.2) is 45.8 Å². The van der Waals surface area contributed by atoms with Crippen molar-refractivity contribution < 1.29 is 20.1 Å². The zero-order valence-electron chi connectivity index (χ0n) is 9.14. The Labute approximate surface area is 84.5 Å². The molecule has 0 aromatic carbocycles. The van der Waals surface area contributed by atoms with E-state index in [2.05, 4.69) is 0 Å². The van der Waals surface area contributed by atoms with E-state index in [1.165, 1.54) is 0 Å². The van der Waals surface area contributed by atoms with Gasteiger partial charge in [0.1, 0.15) is 18.3 Å². The molecule has 0 bridgehead atoms. The molecule has 1 fully saturated rings. The van der Waals surface area contributed by atoms with Gasteiger partial charge in [-0.05, 0) is 12.3 Å². The maximum Gasteiger partial charge on any atom is 0.111 e. The van der Waals surface area contributed by atoms with Crippen molar-refractivity contribution in [3.63, 3.8) is 0 Å². The van der Waals surface area contributed by atoms with E-state index >= 15 is 0 Å². The van der Waals surface area contributed by atoms with Gasteiger partial charge in [-0.2, -0.15) is 0 Å². The van der Waals surface area contributed by atoms with Crippen LogP contribution in [0.15, 0.2) is 0 Å². The van der Waals surface area contributed by atoms with Crippen molar-refractivity contribution in [3.8, 4) is 0 Å². The lowest BCUT2D eigenvalue weighted by molar-refractivity contribution is -0.239. The van der Waals surface area contributed by atoms with Crippen molar-refractivity contribution in [3.05, 3.63) is 0 Å². The second-order valence-electron chi connectivity index (χ2n) is 5.10. The molecular formula is C10H20O4. The van der Waals surface area contributed by atoms with Crippen LogP contribution in [0.3, 0.4) is 0 Å². The van der Waals surface area contributed by atoms with Crippen LogP contribution in [0.4, 0.5) is 0 Å². The normalized spacial score (nSPS) is 45.2. The Bertz CT molecular complexity index is 199. The smallest absolute Gasteiger partial charge is 0.111 e. The van der Waals surface area contributed by atoms with Gasteiger partial charge in [0.15, 0.2) is 0 Å². The molecule has 0 unspecified atom stereocenters. The minimum absolute atomic E-state index is 0.255. The molecule has 14 heavy (non-hydrogen) atoms. The van der Waals surface area contributed by atoms with Crippen LogP contribution in [-0.2, 0) is 4.74 Å². The molecule has 0 spiro atoms. The third-order valence-electron chi connectivity index (χ3n) is 2.71. The molecule has 1 aliphatic heterocycles. The molecule has 5 atom stereocenters. The van der Waals surface area contributed by atoms with E-state index in [0.717, 1.165) is 0 Å². The summed E-state index contributed by atoms with van der Waals surface area (Å²) in [5.74, 6) is 0. The summed E-state index contributed by atoms with van der Waals surface area (Å²) in [6.45, 7) is 7.48. The molecule has 1 saturated heterocycles. The van der Waals surface area contributed by atoms with Gasteiger partial charge in [0.25, 0.3) is 0 Å². The largest absolute Gasteiger partial charge is 0.388 e. The van der Waals surface area contributed by atoms with Crippen molar-refractivity contribution in [1.29, 1.82) is 0 Å². The fraction of sp³-hybridized carbons (Fsp3) is 1.00. The molecule has 0 aromatic heterocycles.